The van der Waals surface area contributed by atoms with Crippen LogP contribution >= 0.6 is 23.2 Å². The van der Waals surface area contributed by atoms with Crippen LogP contribution in [0.4, 0.5) is 5.82 Å². The maximum atomic E-state index is 12.5. The number of nitrogens with zero attached hydrogens (tertiary/aromatic N) is 3. The fourth-order valence-corrected chi connectivity index (χ4v) is 3.91. The minimum atomic E-state index is -1.22. The van der Waals surface area contributed by atoms with Crippen LogP contribution < -0.4 is 10.2 Å². The molecule has 28 heavy (non-hydrogen) atoms. The molecule has 1 amide bonds. The average molecular weight is 443 g/mol. The molecule has 0 saturated carbocycles. The van der Waals surface area contributed by atoms with Crippen molar-refractivity contribution in [1.82, 2.24) is 14.9 Å². The summed E-state index contributed by atoms with van der Waals surface area (Å²) in [5.41, 5.74) is 1.21. The molecule has 0 spiro atoms. The van der Waals surface area contributed by atoms with Crippen LogP contribution in [0.1, 0.15) is 16.1 Å². The number of carbonyl (C=O) groups is 1. The number of anilines is 1. The largest absolute Gasteiger partial charge is 0.361 e. The molecule has 2 aromatic rings. The first kappa shape index (κ1) is 21.1. The Morgan fingerprint density at radius 1 is 1.25 bits per heavy atom. The fourth-order valence-electron chi connectivity index (χ4n) is 2.81. The Kier molecular flexibility index (Phi) is 6.36. The number of ether oxygens (including phenoxy) is 1. The highest BCUT2D eigenvalue weighted by atomic mass is 35.5. The van der Waals surface area contributed by atoms with Gasteiger partial charge in [0.25, 0.3) is 5.91 Å². The molecular formula is C18H24Cl2N4O3Si. The molecule has 0 fully saturated rings. The number of fused-ring (bicyclic) bond motifs is 1. The van der Waals surface area contributed by atoms with Gasteiger partial charge in [0.15, 0.2) is 11.5 Å². The second-order valence-electron chi connectivity index (χ2n) is 7.93. The van der Waals surface area contributed by atoms with Gasteiger partial charge in [-0.05, 0) is 35.3 Å². The lowest BCUT2D eigenvalue weighted by Gasteiger charge is -2.33. The van der Waals surface area contributed by atoms with Crippen molar-refractivity contribution in [2.24, 2.45) is 0 Å². The highest BCUT2D eigenvalue weighted by Crippen LogP contribution is 2.29. The highest BCUT2D eigenvalue weighted by Gasteiger charge is 2.35. The number of hydrogen-bond donors (Lipinski definition) is 2. The molecule has 2 N–H and O–H groups in total. The lowest BCUT2D eigenvalue weighted by molar-refractivity contribution is 0.0550. The number of aliphatic hydroxyl groups excluding tert-OH is 1. The first-order chi connectivity index (χ1) is 13.2. The fraction of sp³-hybridized carbons (Fsp3) is 0.444. The van der Waals surface area contributed by atoms with Crippen LogP contribution in [0.25, 0.3) is 0 Å². The summed E-state index contributed by atoms with van der Waals surface area (Å²) in [6, 6.07) is 8.27. The molecule has 3 rings (SSSR count). The monoisotopic (exact) mass is 442 g/mol. The third-order valence-corrected chi connectivity index (χ3v) is 6.67. The Hall–Kier alpha value is -1.58. The van der Waals surface area contributed by atoms with E-state index in [9.17, 15) is 9.90 Å². The van der Waals surface area contributed by atoms with Crippen molar-refractivity contribution in [2.75, 3.05) is 18.2 Å². The van der Waals surface area contributed by atoms with Gasteiger partial charge in [0.1, 0.15) is 6.73 Å². The van der Waals surface area contributed by atoms with Crippen molar-refractivity contribution in [3.63, 3.8) is 0 Å². The average Bonchev–Trinajstić information content (AvgIpc) is 2.92. The number of halogens is 2. The molecule has 1 atom stereocenters. The summed E-state index contributed by atoms with van der Waals surface area (Å²) in [6.45, 7) is 7.84. The number of hydrogen-bond acceptors (Lipinski definition) is 5. The summed E-state index contributed by atoms with van der Waals surface area (Å²) in [5.74, 6) is -0.127. The molecule has 10 heteroatoms. The second kappa shape index (κ2) is 8.42. The standard InChI is InChI=1S/C18H24Cl2N4O3Si/c1-28(2,3)9-8-27-11-24-15-14(16(25)22-18(24)26)23(17(20)21-15)10-12-4-6-13(19)7-5-12/h4-7,18,26H,8-11H2,1-3H3,(H,22,25). The quantitative estimate of drug-likeness (QED) is 0.507. The van der Waals surface area contributed by atoms with Gasteiger partial charge in [0.05, 0.1) is 6.54 Å². The van der Waals surface area contributed by atoms with Crippen molar-refractivity contribution in [1.29, 1.82) is 0 Å². The topological polar surface area (TPSA) is 79.6 Å². The van der Waals surface area contributed by atoms with E-state index in [1.807, 2.05) is 12.1 Å². The molecule has 1 unspecified atom stereocenters. The Labute approximate surface area is 175 Å². The predicted molar refractivity (Wildman–Crippen MR) is 113 cm³/mol. The van der Waals surface area contributed by atoms with Crippen LogP contribution in [0.15, 0.2) is 24.3 Å². The maximum absolute atomic E-state index is 12.5. The van der Waals surface area contributed by atoms with Crippen LogP contribution in [-0.4, -0.2) is 48.3 Å². The maximum Gasteiger partial charge on any atom is 0.275 e. The molecule has 0 radical (unpaired) electrons. The Balaban J connectivity index is 1.81. The van der Waals surface area contributed by atoms with Gasteiger partial charge < -0.3 is 19.7 Å². The molecule has 2 heterocycles. The van der Waals surface area contributed by atoms with Crippen molar-refractivity contribution in [3.8, 4) is 0 Å². The first-order valence-corrected chi connectivity index (χ1v) is 13.5. The number of carbonyl (C=O) groups excluding carboxylic acids is 1. The van der Waals surface area contributed by atoms with Crippen LogP contribution in [0, 0.1) is 0 Å². The van der Waals surface area contributed by atoms with Gasteiger partial charge in [-0.2, -0.15) is 4.98 Å². The molecule has 7 nitrogen and oxygen atoms in total. The van der Waals surface area contributed by atoms with Gasteiger partial charge in [-0.3, -0.25) is 9.69 Å². The van der Waals surface area contributed by atoms with Crippen LogP contribution in [0.3, 0.4) is 0 Å². The lowest BCUT2D eigenvalue weighted by Crippen LogP contribution is -2.54. The first-order valence-electron chi connectivity index (χ1n) is 8.99. The van der Waals surface area contributed by atoms with Crippen LogP contribution in [0.5, 0.6) is 0 Å². The van der Waals surface area contributed by atoms with E-state index >= 15 is 0 Å². The Bertz CT molecular complexity index is 852. The van der Waals surface area contributed by atoms with Crippen LogP contribution in [-0.2, 0) is 11.3 Å². The molecule has 1 aliphatic rings. The highest BCUT2D eigenvalue weighted by molar-refractivity contribution is 6.76. The van der Waals surface area contributed by atoms with Gasteiger partial charge in [0, 0.05) is 19.7 Å². The number of amides is 1. The zero-order valence-corrected chi connectivity index (χ0v) is 18.6. The van der Waals surface area contributed by atoms with E-state index in [1.165, 1.54) is 4.90 Å². The van der Waals surface area contributed by atoms with E-state index in [-0.39, 0.29) is 12.0 Å². The van der Waals surface area contributed by atoms with Crippen LogP contribution in [0.2, 0.25) is 36.0 Å². The Morgan fingerprint density at radius 2 is 1.93 bits per heavy atom. The molecular weight excluding hydrogens is 419 g/mol. The van der Waals surface area contributed by atoms with E-state index in [0.717, 1.165) is 11.6 Å². The number of benzene rings is 1. The number of aromatic nitrogens is 2. The molecule has 0 aliphatic carbocycles. The smallest absolute Gasteiger partial charge is 0.275 e. The normalized spacial score (nSPS) is 16.9. The number of aliphatic hydroxyl groups is 1. The van der Waals surface area contributed by atoms with E-state index in [4.69, 9.17) is 27.9 Å². The molecule has 0 bridgehead atoms. The predicted octanol–water partition coefficient (Wildman–Crippen LogP) is 3.38. The van der Waals surface area contributed by atoms with E-state index in [1.54, 1.807) is 16.7 Å². The third kappa shape index (κ3) is 4.87. The number of nitrogens with one attached hydrogen (secondary N) is 1. The van der Waals surface area contributed by atoms with Gasteiger partial charge in [-0.25, -0.2) is 0 Å². The summed E-state index contributed by atoms with van der Waals surface area (Å²) >= 11 is 12.3. The minimum Gasteiger partial charge on any atom is -0.361 e. The molecule has 1 aliphatic heterocycles. The third-order valence-electron chi connectivity index (χ3n) is 4.43. The zero-order chi connectivity index (χ0) is 20.5. The molecule has 0 saturated heterocycles. The van der Waals surface area contributed by atoms with Crippen molar-refractivity contribution in [2.45, 2.75) is 38.6 Å². The molecule has 1 aromatic heterocycles. The van der Waals surface area contributed by atoms with Crippen molar-refractivity contribution < 1.29 is 14.6 Å². The summed E-state index contributed by atoms with van der Waals surface area (Å²) in [4.78, 5) is 18.3. The van der Waals surface area contributed by atoms with Crippen molar-refractivity contribution in [3.05, 3.63) is 45.8 Å². The van der Waals surface area contributed by atoms with Gasteiger partial charge in [0.2, 0.25) is 11.6 Å². The molecule has 1 aromatic carbocycles. The minimum absolute atomic E-state index is 0.104. The van der Waals surface area contributed by atoms with Gasteiger partial charge in [-0.1, -0.05) is 43.4 Å². The number of rotatable bonds is 7. The molecule has 152 valence electrons. The van der Waals surface area contributed by atoms with Gasteiger partial charge >= 0.3 is 0 Å². The summed E-state index contributed by atoms with van der Waals surface area (Å²) < 4.78 is 7.34. The Morgan fingerprint density at radius 3 is 2.57 bits per heavy atom. The second-order valence-corrected chi connectivity index (χ2v) is 14.3. The summed E-state index contributed by atoms with van der Waals surface area (Å²) in [6.07, 6.45) is -1.22. The van der Waals surface area contributed by atoms with E-state index in [0.29, 0.717) is 29.7 Å². The SMILES string of the molecule is C[Si](C)(C)CCOCN1c2nc(Cl)n(Cc3ccc(Cl)cc3)c2C(=O)NC1O. The zero-order valence-electron chi connectivity index (χ0n) is 16.1. The number of imidazole rings is 1. The lowest BCUT2D eigenvalue weighted by atomic mass is 10.2. The summed E-state index contributed by atoms with van der Waals surface area (Å²) in [7, 11) is -1.22. The van der Waals surface area contributed by atoms with E-state index in [2.05, 4.69) is 29.9 Å². The summed E-state index contributed by atoms with van der Waals surface area (Å²) in [5, 5.41) is 13.6. The van der Waals surface area contributed by atoms with E-state index < -0.39 is 20.3 Å². The van der Waals surface area contributed by atoms with Crippen molar-refractivity contribution >= 4 is 43.0 Å². The van der Waals surface area contributed by atoms with Gasteiger partial charge in [-0.15, -0.1) is 0 Å².